The van der Waals surface area contributed by atoms with Crippen molar-refractivity contribution in [3.8, 4) is 0 Å². The zero-order valence-electron chi connectivity index (χ0n) is 12.4. The number of hydrogen-bond acceptors (Lipinski definition) is 3. The van der Waals surface area contributed by atoms with Gasteiger partial charge in [0.1, 0.15) is 0 Å². The van der Waals surface area contributed by atoms with Crippen LogP contribution in [0.2, 0.25) is 0 Å². The highest BCUT2D eigenvalue weighted by Gasteiger charge is 2.28. The van der Waals surface area contributed by atoms with Gasteiger partial charge in [-0.3, -0.25) is 9.59 Å². The van der Waals surface area contributed by atoms with Crippen molar-refractivity contribution < 1.29 is 9.59 Å². The van der Waals surface area contributed by atoms with Gasteiger partial charge in [0.15, 0.2) is 0 Å². The minimum Gasteiger partial charge on any atom is -0.397 e. The van der Waals surface area contributed by atoms with Crippen LogP contribution in [0.4, 0.5) is 11.4 Å². The Hall–Kier alpha value is -1.27. The van der Waals surface area contributed by atoms with E-state index in [-0.39, 0.29) is 30.1 Å². The van der Waals surface area contributed by atoms with E-state index < -0.39 is 0 Å². The summed E-state index contributed by atoms with van der Waals surface area (Å²) in [5.41, 5.74) is 8.05. The van der Waals surface area contributed by atoms with E-state index in [1.165, 1.54) is 0 Å². The molecule has 1 aromatic carbocycles. The van der Waals surface area contributed by atoms with E-state index in [0.717, 1.165) is 22.9 Å². The van der Waals surface area contributed by atoms with E-state index in [0.29, 0.717) is 30.8 Å². The van der Waals surface area contributed by atoms with Crippen molar-refractivity contribution in [3.63, 3.8) is 0 Å². The molecule has 0 spiro atoms. The number of carbonyl (C=O) groups is 2. The monoisotopic (exact) mass is 389 g/mol. The predicted octanol–water partition coefficient (Wildman–Crippen LogP) is 3.01. The van der Waals surface area contributed by atoms with Crippen molar-refractivity contribution in [2.45, 2.75) is 32.6 Å². The van der Waals surface area contributed by atoms with Crippen LogP contribution in [-0.4, -0.2) is 18.4 Å². The summed E-state index contributed by atoms with van der Waals surface area (Å²) in [6.07, 6.45) is 2.97. The van der Waals surface area contributed by atoms with Crippen molar-refractivity contribution >= 4 is 51.5 Å². The lowest BCUT2D eigenvalue weighted by Crippen LogP contribution is -2.26. The number of aryl methyl sites for hydroxylation is 1. The second-order valence-electron chi connectivity index (χ2n) is 5.40. The van der Waals surface area contributed by atoms with Crippen molar-refractivity contribution in [3.05, 3.63) is 22.2 Å². The van der Waals surface area contributed by atoms with E-state index in [2.05, 4.69) is 26.6 Å². The largest absolute Gasteiger partial charge is 0.397 e. The number of amides is 2. The zero-order valence-corrected chi connectivity index (χ0v) is 14.9. The molecule has 0 atom stereocenters. The lowest BCUT2D eigenvalue weighted by Gasteiger charge is -2.11. The molecule has 1 aliphatic rings. The van der Waals surface area contributed by atoms with E-state index in [1.807, 2.05) is 13.0 Å². The first kappa shape index (κ1) is 18.8. The van der Waals surface area contributed by atoms with Gasteiger partial charge in [-0.15, -0.1) is 12.4 Å². The number of nitrogens with one attached hydrogen (secondary N) is 2. The van der Waals surface area contributed by atoms with Crippen LogP contribution < -0.4 is 16.4 Å². The zero-order chi connectivity index (χ0) is 15.4. The smallest absolute Gasteiger partial charge is 0.224 e. The molecule has 0 unspecified atom stereocenters. The van der Waals surface area contributed by atoms with Gasteiger partial charge >= 0.3 is 0 Å². The van der Waals surface area contributed by atoms with Gasteiger partial charge in [0.2, 0.25) is 11.8 Å². The van der Waals surface area contributed by atoms with E-state index in [9.17, 15) is 9.59 Å². The van der Waals surface area contributed by atoms with E-state index in [1.54, 1.807) is 6.07 Å². The Kier molecular flexibility index (Phi) is 7.16. The van der Waals surface area contributed by atoms with Gasteiger partial charge in [-0.2, -0.15) is 0 Å². The molecule has 1 aliphatic carbocycles. The molecule has 7 heteroatoms. The molecule has 0 heterocycles. The van der Waals surface area contributed by atoms with Gasteiger partial charge in [-0.1, -0.05) is 15.9 Å². The fourth-order valence-electron chi connectivity index (χ4n) is 2.02. The molecule has 22 heavy (non-hydrogen) atoms. The summed E-state index contributed by atoms with van der Waals surface area (Å²) < 4.78 is 0.876. The van der Waals surface area contributed by atoms with Gasteiger partial charge < -0.3 is 16.4 Å². The van der Waals surface area contributed by atoms with Crippen LogP contribution >= 0.6 is 28.3 Å². The minimum absolute atomic E-state index is 0. The number of hydrogen-bond donors (Lipinski definition) is 3. The number of anilines is 2. The van der Waals surface area contributed by atoms with Crippen molar-refractivity contribution in [2.24, 2.45) is 5.92 Å². The Morgan fingerprint density at radius 1 is 1.36 bits per heavy atom. The second kappa shape index (κ2) is 8.39. The first-order chi connectivity index (χ1) is 9.97. The summed E-state index contributed by atoms with van der Waals surface area (Å²) in [5, 5.41) is 5.65. The molecular formula is C15H21BrClN3O2. The summed E-state index contributed by atoms with van der Waals surface area (Å²) in [6.45, 7) is 2.43. The van der Waals surface area contributed by atoms with Crippen molar-refractivity contribution in [1.82, 2.24) is 5.32 Å². The van der Waals surface area contributed by atoms with Gasteiger partial charge in [0.05, 0.1) is 11.4 Å². The summed E-state index contributed by atoms with van der Waals surface area (Å²) in [5.74, 6) is 0.227. The topological polar surface area (TPSA) is 84.2 Å². The highest BCUT2D eigenvalue weighted by Crippen LogP contribution is 2.29. The predicted molar refractivity (Wildman–Crippen MR) is 94.1 cm³/mol. The van der Waals surface area contributed by atoms with Crippen LogP contribution in [0, 0.1) is 12.8 Å². The van der Waals surface area contributed by atoms with Crippen LogP contribution in [0.1, 0.15) is 31.2 Å². The Morgan fingerprint density at radius 2 is 2.05 bits per heavy atom. The molecule has 0 aliphatic heterocycles. The lowest BCUT2D eigenvalue weighted by atomic mass is 10.1. The molecule has 0 aromatic heterocycles. The number of benzene rings is 1. The quantitative estimate of drug-likeness (QED) is 0.515. The normalized spacial score (nSPS) is 13.2. The fourth-order valence-corrected chi connectivity index (χ4v) is 2.59. The highest BCUT2D eigenvalue weighted by molar-refractivity contribution is 9.10. The van der Waals surface area contributed by atoms with E-state index in [4.69, 9.17) is 5.73 Å². The van der Waals surface area contributed by atoms with Crippen LogP contribution in [0.5, 0.6) is 0 Å². The molecule has 0 radical (unpaired) electrons. The average Bonchev–Trinajstić information content (AvgIpc) is 3.24. The third-order valence-electron chi connectivity index (χ3n) is 3.45. The Balaban J connectivity index is 0.00000242. The molecule has 4 N–H and O–H groups in total. The van der Waals surface area contributed by atoms with Crippen LogP contribution in [-0.2, 0) is 9.59 Å². The SMILES string of the molecule is Cc1cc(Br)cc(NC(=O)CCCNC(=O)C2CC2)c1N.Cl. The fraction of sp³-hybridized carbons (Fsp3) is 0.467. The van der Waals surface area contributed by atoms with Crippen LogP contribution in [0.15, 0.2) is 16.6 Å². The second-order valence-corrected chi connectivity index (χ2v) is 6.32. The number of nitrogen functional groups attached to an aromatic ring is 1. The highest BCUT2D eigenvalue weighted by atomic mass is 79.9. The molecule has 1 fully saturated rings. The Labute approximate surface area is 144 Å². The van der Waals surface area contributed by atoms with Gasteiger partial charge in [-0.25, -0.2) is 0 Å². The molecule has 0 saturated heterocycles. The van der Waals surface area contributed by atoms with Gasteiger partial charge in [0.25, 0.3) is 0 Å². The molecule has 122 valence electrons. The average molecular weight is 391 g/mol. The van der Waals surface area contributed by atoms with Gasteiger partial charge in [0, 0.05) is 23.4 Å². The standard InChI is InChI=1S/C15H20BrN3O2.ClH/c1-9-7-11(16)8-12(14(9)17)19-13(20)3-2-6-18-15(21)10-4-5-10;/h7-8,10H,2-6,17H2,1H3,(H,18,21)(H,19,20);1H. The minimum atomic E-state index is -0.0973. The molecule has 0 bridgehead atoms. The summed E-state index contributed by atoms with van der Waals surface area (Å²) >= 11 is 3.38. The summed E-state index contributed by atoms with van der Waals surface area (Å²) in [6, 6.07) is 3.69. The Bertz CT molecular complexity index is 562. The first-order valence-electron chi connectivity index (χ1n) is 7.10. The maximum Gasteiger partial charge on any atom is 0.224 e. The first-order valence-corrected chi connectivity index (χ1v) is 7.90. The Morgan fingerprint density at radius 3 is 2.68 bits per heavy atom. The number of halogens is 2. The molecule has 5 nitrogen and oxygen atoms in total. The maximum absolute atomic E-state index is 11.9. The summed E-state index contributed by atoms with van der Waals surface area (Å²) in [7, 11) is 0. The number of nitrogens with two attached hydrogens (primary N) is 1. The van der Waals surface area contributed by atoms with Crippen molar-refractivity contribution in [2.75, 3.05) is 17.6 Å². The third-order valence-corrected chi connectivity index (χ3v) is 3.91. The van der Waals surface area contributed by atoms with Crippen LogP contribution in [0.25, 0.3) is 0 Å². The summed E-state index contributed by atoms with van der Waals surface area (Å²) in [4.78, 5) is 23.3. The molecule has 2 rings (SSSR count). The molecule has 1 saturated carbocycles. The van der Waals surface area contributed by atoms with Crippen LogP contribution in [0.3, 0.4) is 0 Å². The maximum atomic E-state index is 11.9. The van der Waals surface area contributed by atoms with Gasteiger partial charge in [-0.05, 0) is 43.9 Å². The lowest BCUT2D eigenvalue weighted by molar-refractivity contribution is -0.122. The number of carbonyl (C=O) groups excluding carboxylic acids is 2. The number of rotatable bonds is 6. The molecule has 2 amide bonds. The molecular weight excluding hydrogens is 370 g/mol. The van der Waals surface area contributed by atoms with Crippen molar-refractivity contribution in [1.29, 1.82) is 0 Å². The molecule has 1 aromatic rings. The van der Waals surface area contributed by atoms with E-state index >= 15 is 0 Å². The third kappa shape index (κ3) is 5.50.